The van der Waals surface area contributed by atoms with Crippen LogP contribution in [0, 0.1) is 11.8 Å². The van der Waals surface area contributed by atoms with E-state index in [2.05, 4.69) is 36.3 Å². The Morgan fingerprint density at radius 2 is 1.87 bits per heavy atom. The van der Waals surface area contributed by atoms with E-state index in [4.69, 9.17) is 4.74 Å². The predicted octanol–water partition coefficient (Wildman–Crippen LogP) is 2.61. The minimum atomic E-state index is -0.967. The quantitative estimate of drug-likeness (QED) is 0.419. The van der Waals surface area contributed by atoms with E-state index in [0.717, 1.165) is 42.0 Å². The van der Waals surface area contributed by atoms with Crippen LogP contribution in [0.5, 0.6) is 5.75 Å². The molecule has 0 aromatic heterocycles. The number of rotatable bonds is 8. The van der Waals surface area contributed by atoms with Crippen molar-refractivity contribution in [3.05, 3.63) is 64.7 Å². The zero-order valence-corrected chi connectivity index (χ0v) is 23.0. The molecular weight excluding hydrogens is 490 g/mol. The van der Waals surface area contributed by atoms with Gasteiger partial charge in [-0.3, -0.25) is 10.5 Å². The topological polar surface area (TPSA) is 115 Å². The summed E-state index contributed by atoms with van der Waals surface area (Å²) in [7, 11) is 0. The van der Waals surface area contributed by atoms with Crippen molar-refractivity contribution in [3.8, 4) is 5.75 Å². The number of hydrogen-bond donors (Lipinski definition) is 4. The summed E-state index contributed by atoms with van der Waals surface area (Å²) in [5.74, 6) is 0.857. The number of aliphatic hydroxyl groups is 1. The summed E-state index contributed by atoms with van der Waals surface area (Å²) in [6.07, 6.45) is 5.54. The molecule has 0 radical (unpaired) electrons. The van der Waals surface area contributed by atoms with Crippen LogP contribution in [-0.2, 0) is 16.6 Å². The molecule has 0 saturated heterocycles. The van der Waals surface area contributed by atoms with Crippen LogP contribution in [0.15, 0.2) is 42.5 Å². The Bertz CT molecular complexity index is 1340. The third kappa shape index (κ3) is 3.66. The minimum Gasteiger partial charge on any atom is -0.486 e. The molecule has 6 unspecified atom stereocenters. The first-order chi connectivity index (χ1) is 18.7. The van der Waals surface area contributed by atoms with Gasteiger partial charge < -0.3 is 20.5 Å². The maximum Gasteiger partial charge on any atom is 0.344 e. The fraction of sp³-hybridized carbons (Fsp3) is 0.562. The second-order valence-electron chi connectivity index (χ2n) is 13.4. The fourth-order valence-electron chi connectivity index (χ4n) is 8.70. The molecule has 1 heterocycles. The normalized spacial score (nSPS) is 34.4. The van der Waals surface area contributed by atoms with Crippen molar-refractivity contribution in [2.24, 2.45) is 11.8 Å². The van der Waals surface area contributed by atoms with Crippen molar-refractivity contribution in [2.45, 2.75) is 93.4 Å². The lowest BCUT2D eigenvalue weighted by Gasteiger charge is -2.51. The van der Waals surface area contributed by atoms with Gasteiger partial charge in [0, 0.05) is 11.1 Å². The Hall–Kier alpha value is -2.74. The molecule has 6 atom stereocenters. The molecule has 7 nitrogen and oxygen atoms in total. The van der Waals surface area contributed by atoms with Gasteiger partial charge in [0.2, 0.25) is 5.91 Å². The molecule has 2 bridgehead atoms. The molecule has 2 amide bonds. The van der Waals surface area contributed by atoms with E-state index in [1.165, 1.54) is 12.8 Å². The molecule has 5 aliphatic rings. The third-order valence-electron chi connectivity index (χ3n) is 10.5. The van der Waals surface area contributed by atoms with E-state index in [9.17, 15) is 14.7 Å². The zero-order valence-electron chi connectivity index (χ0n) is 23.0. The Morgan fingerprint density at radius 3 is 2.56 bits per heavy atom. The molecule has 1 aliphatic heterocycles. The summed E-state index contributed by atoms with van der Waals surface area (Å²) in [5.41, 5.74) is 5.46. The number of nitrogens with one attached hydrogen (secondary N) is 2. The molecule has 3 saturated carbocycles. The number of amides is 2. The van der Waals surface area contributed by atoms with Crippen LogP contribution < -0.4 is 21.1 Å². The molecule has 7 rings (SSSR count). The largest absolute Gasteiger partial charge is 0.486 e. The highest BCUT2D eigenvalue weighted by atomic mass is 16.5. The summed E-state index contributed by atoms with van der Waals surface area (Å²) >= 11 is 0. The molecule has 4 aliphatic carbocycles. The average molecular weight is 531 g/mol. The van der Waals surface area contributed by atoms with Gasteiger partial charge in [-0.1, -0.05) is 50.2 Å². The lowest BCUT2D eigenvalue weighted by atomic mass is 9.57. The van der Waals surface area contributed by atoms with Crippen molar-refractivity contribution in [2.75, 3.05) is 6.54 Å². The highest BCUT2D eigenvalue weighted by molar-refractivity contribution is 5.91. The smallest absolute Gasteiger partial charge is 0.344 e. The summed E-state index contributed by atoms with van der Waals surface area (Å²) in [4.78, 5) is 26.5. The van der Waals surface area contributed by atoms with Gasteiger partial charge in [-0.25, -0.2) is 4.79 Å². The molecule has 1 spiro atoms. The summed E-state index contributed by atoms with van der Waals surface area (Å²) in [5, 5.41) is 19.8. The molecular formula is C32H40N3O4+. The summed E-state index contributed by atoms with van der Waals surface area (Å²) in [6, 6.07) is 13.6. The number of fused-ring (bicyclic) bond motifs is 1. The molecule has 206 valence electrons. The number of benzene rings is 2. The van der Waals surface area contributed by atoms with Crippen LogP contribution in [0.1, 0.15) is 85.3 Å². The predicted molar refractivity (Wildman–Crippen MR) is 146 cm³/mol. The van der Waals surface area contributed by atoms with E-state index in [0.29, 0.717) is 30.6 Å². The standard InChI is InChI=1S/C32H39N3O4/c1-18(2)24(20-6-4-3-5-7-20)29(37)35-23-12-13-31(38)16-30(34-15-19-8-9-19)14-21-10-11-22(28(33)36)26-25(21)32(31,17-30)27(23)39-26/h3-7,10-11,18-19,23-24,27,34,38H,8-9,12-17H2,1-2H3,(H2,33,36)(H,35,37)/p+1. The van der Waals surface area contributed by atoms with Crippen molar-refractivity contribution >= 4 is 11.8 Å². The van der Waals surface area contributed by atoms with E-state index < -0.39 is 17.1 Å². The zero-order chi connectivity index (χ0) is 27.2. The number of ether oxygens (including phenoxy) is 1. The van der Waals surface area contributed by atoms with Crippen LogP contribution in [0.4, 0.5) is 0 Å². The van der Waals surface area contributed by atoms with Crippen molar-refractivity contribution < 1.29 is 25.2 Å². The van der Waals surface area contributed by atoms with Crippen LogP contribution in [0.3, 0.4) is 0 Å². The van der Waals surface area contributed by atoms with Crippen molar-refractivity contribution in [3.63, 3.8) is 0 Å². The summed E-state index contributed by atoms with van der Waals surface area (Å²) in [6.45, 7) is 5.13. The maximum absolute atomic E-state index is 13.9. The average Bonchev–Trinajstić information content (AvgIpc) is 3.61. The van der Waals surface area contributed by atoms with E-state index in [1.54, 1.807) is 0 Å². The molecule has 7 heteroatoms. The van der Waals surface area contributed by atoms with Gasteiger partial charge in [-0.2, -0.15) is 0 Å². The molecule has 2 aromatic rings. The number of carbonyl (C=O) groups excluding carboxylic acids is 2. The highest BCUT2D eigenvalue weighted by Crippen LogP contribution is 2.68. The first-order valence-electron chi connectivity index (χ1n) is 14.7. The van der Waals surface area contributed by atoms with Gasteiger partial charge in [0.25, 0.3) is 0 Å². The van der Waals surface area contributed by atoms with E-state index in [-0.39, 0.29) is 35.2 Å². The van der Waals surface area contributed by atoms with Gasteiger partial charge in [0.15, 0.2) is 0 Å². The number of carbonyl (C=O) groups is 2. The van der Waals surface area contributed by atoms with Gasteiger partial charge in [-0.15, -0.1) is 0 Å². The maximum atomic E-state index is 13.9. The Labute approximate surface area is 229 Å². The van der Waals surface area contributed by atoms with E-state index in [1.807, 2.05) is 36.4 Å². The van der Waals surface area contributed by atoms with Gasteiger partial charge in [-0.05, 0) is 80.5 Å². The molecule has 39 heavy (non-hydrogen) atoms. The van der Waals surface area contributed by atoms with Gasteiger partial charge >= 0.3 is 5.91 Å². The third-order valence-corrected chi connectivity index (χ3v) is 10.5. The van der Waals surface area contributed by atoms with Crippen LogP contribution in [0.2, 0.25) is 0 Å². The van der Waals surface area contributed by atoms with Gasteiger partial charge in [0.1, 0.15) is 17.4 Å². The Balaban J connectivity index is 1.28. The van der Waals surface area contributed by atoms with Crippen LogP contribution in [-0.4, -0.2) is 46.8 Å². The number of hydrogen-bond acceptors (Lipinski definition) is 5. The van der Waals surface area contributed by atoms with E-state index >= 15 is 0 Å². The molecule has 6 N–H and O–H groups in total. The van der Waals surface area contributed by atoms with Crippen LogP contribution >= 0.6 is 0 Å². The van der Waals surface area contributed by atoms with Crippen LogP contribution in [0.25, 0.3) is 0 Å². The lowest BCUT2D eigenvalue weighted by molar-refractivity contribution is -0.255. The number of quaternary nitrogens is 1. The first-order valence-corrected chi connectivity index (χ1v) is 14.7. The first kappa shape index (κ1) is 25.2. The summed E-state index contributed by atoms with van der Waals surface area (Å²) < 4.78 is 6.76. The van der Waals surface area contributed by atoms with Crippen molar-refractivity contribution in [1.82, 2.24) is 10.6 Å². The second-order valence-corrected chi connectivity index (χ2v) is 13.4. The monoisotopic (exact) mass is 530 g/mol. The Kier molecular flexibility index (Phi) is 5.58. The molecule has 2 aromatic carbocycles. The van der Waals surface area contributed by atoms with Crippen molar-refractivity contribution in [1.29, 1.82) is 0 Å². The Morgan fingerprint density at radius 1 is 1.10 bits per heavy atom. The van der Waals surface area contributed by atoms with Gasteiger partial charge in [0.05, 0.1) is 23.0 Å². The SMILES string of the molecule is CC(C)C(C(=O)NC1CCC2(O)CC3(NCC4CC4)Cc4ccc(C([NH3+])=O)c5c4C2(C3)C1O5)c1ccccc1. The molecule has 3 fully saturated rings. The highest BCUT2D eigenvalue weighted by Gasteiger charge is 2.75. The second kappa shape index (κ2) is 8.63. The minimum absolute atomic E-state index is 0.0109. The lowest BCUT2D eigenvalue weighted by Crippen LogP contribution is -2.66. The fourth-order valence-corrected chi connectivity index (χ4v) is 8.70.